The average molecular weight is 235 g/mol. The lowest BCUT2D eigenvalue weighted by molar-refractivity contribution is 0.0339. The van der Waals surface area contributed by atoms with E-state index in [1.165, 1.54) is 6.20 Å². The number of hydrogen-bond donors (Lipinski definition) is 3. The summed E-state index contributed by atoms with van der Waals surface area (Å²) in [7, 11) is 0. The van der Waals surface area contributed by atoms with Crippen LogP contribution in [0.5, 0.6) is 0 Å². The highest BCUT2D eigenvalue weighted by Gasteiger charge is 2.19. The predicted octanol–water partition coefficient (Wildman–Crippen LogP) is 0.507. The van der Waals surface area contributed by atoms with Crippen molar-refractivity contribution in [1.29, 1.82) is 0 Å². The molecule has 1 aromatic heterocycles. The molecule has 0 saturated carbocycles. The quantitative estimate of drug-likeness (QED) is 0.668. The molecule has 0 aliphatic rings. The van der Waals surface area contributed by atoms with Crippen LogP contribution in [-0.2, 0) is 0 Å². The van der Waals surface area contributed by atoms with Gasteiger partial charge in [0.2, 0.25) is 0 Å². The van der Waals surface area contributed by atoms with Gasteiger partial charge < -0.3 is 10.2 Å². The lowest BCUT2D eigenvalue weighted by atomic mass is 10.1. The number of aromatic nitrogens is 2. The van der Waals surface area contributed by atoms with Crippen LogP contribution in [-0.4, -0.2) is 31.8 Å². The minimum Gasteiger partial charge on any atom is -0.389 e. The maximum atomic E-state index is 9.52. The highest BCUT2D eigenvalue weighted by atomic mass is 79.9. The topological polar surface area (TPSA) is 69.1 Å². The molecule has 1 heterocycles. The summed E-state index contributed by atoms with van der Waals surface area (Å²) in [4.78, 5) is 0. The smallest absolute Gasteiger partial charge is 0.109 e. The van der Waals surface area contributed by atoms with Crippen molar-refractivity contribution in [2.75, 3.05) is 5.33 Å². The normalized spacial score (nSPS) is 16.0. The second-order valence-electron chi connectivity index (χ2n) is 2.62. The number of alkyl halides is 1. The largest absolute Gasteiger partial charge is 0.389 e. The molecule has 0 bridgehead atoms. The van der Waals surface area contributed by atoms with Gasteiger partial charge in [-0.15, -0.1) is 0 Å². The molecule has 1 rings (SSSR count). The molecule has 0 radical (unpaired) electrons. The summed E-state index contributed by atoms with van der Waals surface area (Å²) < 4.78 is 0. The Morgan fingerprint density at radius 3 is 2.75 bits per heavy atom. The van der Waals surface area contributed by atoms with Gasteiger partial charge in [0, 0.05) is 16.6 Å². The van der Waals surface area contributed by atoms with Crippen molar-refractivity contribution in [3.8, 4) is 0 Å². The monoisotopic (exact) mass is 234 g/mol. The number of rotatable bonds is 3. The third kappa shape index (κ3) is 1.85. The fourth-order valence-corrected chi connectivity index (χ4v) is 1.30. The van der Waals surface area contributed by atoms with Crippen LogP contribution in [0.1, 0.15) is 17.4 Å². The van der Waals surface area contributed by atoms with Crippen LogP contribution in [0.3, 0.4) is 0 Å². The first-order chi connectivity index (χ1) is 5.66. The number of aliphatic hydroxyl groups is 2. The highest BCUT2D eigenvalue weighted by molar-refractivity contribution is 9.09. The zero-order valence-corrected chi connectivity index (χ0v) is 8.24. The molecule has 3 N–H and O–H groups in total. The Morgan fingerprint density at radius 2 is 2.33 bits per heavy atom. The van der Waals surface area contributed by atoms with E-state index in [-0.39, 0.29) is 0 Å². The number of halogens is 1. The second kappa shape index (κ2) is 4.02. The summed E-state index contributed by atoms with van der Waals surface area (Å²) >= 11 is 3.08. The highest BCUT2D eigenvalue weighted by Crippen LogP contribution is 2.19. The van der Waals surface area contributed by atoms with Crippen LogP contribution in [0.2, 0.25) is 0 Å². The van der Waals surface area contributed by atoms with Gasteiger partial charge in [-0.1, -0.05) is 15.9 Å². The Balaban J connectivity index is 2.77. The molecular formula is C7H11BrN2O2. The Morgan fingerprint density at radius 1 is 1.67 bits per heavy atom. The zero-order chi connectivity index (χ0) is 9.14. The molecule has 68 valence electrons. The van der Waals surface area contributed by atoms with Crippen LogP contribution >= 0.6 is 15.9 Å². The molecule has 2 unspecified atom stereocenters. The van der Waals surface area contributed by atoms with Gasteiger partial charge >= 0.3 is 0 Å². The predicted molar refractivity (Wildman–Crippen MR) is 48.1 cm³/mol. The van der Waals surface area contributed by atoms with Gasteiger partial charge in [0.25, 0.3) is 0 Å². The van der Waals surface area contributed by atoms with Crippen LogP contribution in [0.25, 0.3) is 0 Å². The molecule has 12 heavy (non-hydrogen) atoms. The van der Waals surface area contributed by atoms with Crippen molar-refractivity contribution < 1.29 is 10.2 Å². The van der Waals surface area contributed by atoms with E-state index in [0.29, 0.717) is 10.9 Å². The maximum absolute atomic E-state index is 9.52. The number of nitrogens with zero attached hydrogens (tertiary/aromatic N) is 1. The maximum Gasteiger partial charge on any atom is 0.109 e. The summed E-state index contributed by atoms with van der Waals surface area (Å²) in [6.07, 6.45) is -0.143. The number of aryl methyl sites for hydroxylation is 1. The molecule has 0 spiro atoms. The van der Waals surface area contributed by atoms with Gasteiger partial charge in [-0.25, -0.2) is 0 Å². The number of nitrogens with one attached hydrogen (secondary N) is 1. The molecule has 4 nitrogen and oxygen atoms in total. The molecule has 1 aromatic rings. The lowest BCUT2D eigenvalue weighted by Gasteiger charge is -2.14. The molecule has 2 atom stereocenters. The Hall–Kier alpha value is -0.390. The lowest BCUT2D eigenvalue weighted by Crippen LogP contribution is -2.19. The molecule has 0 aliphatic carbocycles. The van der Waals surface area contributed by atoms with Gasteiger partial charge in [-0.3, -0.25) is 5.10 Å². The Kier molecular flexibility index (Phi) is 3.25. The van der Waals surface area contributed by atoms with Gasteiger partial charge in [0.15, 0.2) is 0 Å². The molecule has 5 heteroatoms. The van der Waals surface area contributed by atoms with Crippen molar-refractivity contribution >= 4 is 15.9 Å². The molecule has 0 amide bonds. The van der Waals surface area contributed by atoms with Crippen LogP contribution in [0, 0.1) is 6.92 Å². The van der Waals surface area contributed by atoms with Crippen LogP contribution in [0.15, 0.2) is 6.20 Å². The summed E-state index contributed by atoms with van der Waals surface area (Å²) in [5, 5.41) is 25.6. The van der Waals surface area contributed by atoms with Gasteiger partial charge in [0.05, 0.1) is 12.3 Å². The molecule has 0 aliphatic heterocycles. The summed E-state index contributed by atoms with van der Waals surface area (Å²) in [5.41, 5.74) is 1.42. The molecule has 0 fully saturated rings. The first-order valence-electron chi connectivity index (χ1n) is 3.58. The van der Waals surface area contributed by atoms with Gasteiger partial charge in [-0.05, 0) is 6.92 Å². The van der Waals surface area contributed by atoms with Crippen molar-refractivity contribution in [1.82, 2.24) is 10.2 Å². The van der Waals surface area contributed by atoms with Crippen molar-refractivity contribution in [3.05, 3.63) is 17.5 Å². The van der Waals surface area contributed by atoms with Gasteiger partial charge in [-0.2, -0.15) is 5.10 Å². The standard InChI is InChI=1S/C7H11BrN2O2/c1-4-5(3-9-10-4)7(12)6(11)2-8/h3,6-7,11-12H,2H2,1H3,(H,9,10). The summed E-state index contributed by atoms with van der Waals surface area (Å²) in [6.45, 7) is 1.80. The minimum atomic E-state index is -0.872. The fourth-order valence-electron chi connectivity index (χ4n) is 0.950. The Bertz CT molecular complexity index is 251. The van der Waals surface area contributed by atoms with E-state index >= 15 is 0 Å². The van der Waals surface area contributed by atoms with E-state index in [1.54, 1.807) is 6.92 Å². The van der Waals surface area contributed by atoms with E-state index in [4.69, 9.17) is 0 Å². The molecule has 0 aromatic carbocycles. The van der Waals surface area contributed by atoms with E-state index < -0.39 is 12.2 Å². The first kappa shape index (κ1) is 9.70. The van der Waals surface area contributed by atoms with Crippen molar-refractivity contribution in [2.45, 2.75) is 19.1 Å². The number of hydrogen-bond acceptors (Lipinski definition) is 3. The first-order valence-corrected chi connectivity index (χ1v) is 4.71. The number of aliphatic hydroxyl groups excluding tert-OH is 2. The van der Waals surface area contributed by atoms with E-state index in [9.17, 15) is 10.2 Å². The minimum absolute atomic E-state index is 0.346. The van der Waals surface area contributed by atoms with Crippen LogP contribution < -0.4 is 0 Å². The summed E-state index contributed by atoms with van der Waals surface area (Å²) in [5.74, 6) is 0. The van der Waals surface area contributed by atoms with Crippen molar-refractivity contribution in [3.63, 3.8) is 0 Å². The fraction of sp³-hybridized carbons (Fsp3) is 0.571. The van der Waals surface area contributed by atoms with E-state index in [2.05, 4.69) is 26.1 Å². The zero-order valence-electron chi connectivity index (χ0n) is 6.66. The second-order valence-corrected chi connectivity index (χ2v) is 3.26. The van der Waals surface area contributed by atoms with E-state index in [0.717, 1.165) is 5.69 Å². The van der Waals surface area contributed by atoms with Gasteiger partial charge in [0.1, 0.15) is 6.10 Å². The summed E-state index contributed by atoms with van der Waals surface area (Å²) in [6, 6.07) is 0. The molecular weight excluding hydrogens is 224 g/mol. The number of H-pyrrole nitrogens is 1. The Labute approximate surface area is 78.7 Å². The average Bonchev–Trinajstić information content (AvgIpc) is 2.48. The van der Waals surface area contributed by atoms with E-state index in [1.807, 2.05) is 0 Å². The molecule has 0 saturated heterocycles. The third-order valence-corrected chi connectivity index (χ3v) is 2.37. The van der Waals surface area contributed by atoms with Crippen molar-refractivity contribution in [2.24, 2.45) is 0 Å². The SMILES string of the molecule is Cc1[nH]ncc1C(O)C(O)CBr. The van der Waals surface area contributed by atoms with Crippen LogP contribution in [0.4, 0.5) is 0 Å². The number of aromatic amines is 1. The third-order valence-electron chi connectivity index (χ3n) is 1.71.